The average molecular weight is 382 g/mol. The van der Waals surface area contributed by atoms with E-state index in [0.717, 1.165) is 0 Å². The van der Waals surface area contributed by atoms with Gasteiger partial charge in [0.15, 0.2) is 0 Å². The van der Waals surface area contributed by atoms with Crippen molar-refractivity contribution in [3.8, 4) is 0 Å². The van der Waals surface area contributed by atoms with Gasteiger partial charge in [-0.05, 0) is 93.5 Å². The molecule has 1 heterocycles. The van der Waals surface area contributed by atoms with Crippen LogP contribution in [0.5, 0.6) is 0 Å². The van der Waals surface area contributed by atoms with Gasteiger partial charge in [0.2, 0.25) is 0 Å². The highest BCUT2D eigenvalue weighted by Crippen LogP contribution is 2.43. The van der Waals surface area contributed by atoms with Crippen LogP contribution in [0.25, 0.3) is 10.9 Å². The van der Waals surface area contributed by atoms with Crippen molar-refractivity contribution in [1.82, 2.24) is 4.98 Å². The second-order valence-electron chi connectivity index (χ2n) is 10.9. The van der Waals surface area contributed by atoms with Crippen LogP contribution >= 0.6 is 0 Å². The Kier molecular flexibility index (Phi) is 6.04. The maximum atomic E-state index is 3.97. The van der Waals surface area contributed by atoms with E-state index in [1.807, 2.05) is 0 Å². The number of rotatable bonds is 1. The summed E-state index contributed by atoms with van der Waals surface area (Å²) in [7, 11) is 0. The van der Waals surface area contributed by atoms with Gasteiger partial charge < -0.3 is 4.98 Å². The molecule has 0 bridgehead atoms. The Balaban J connectivity index is 2.02. The van der Waals surface area contributed by atoms with E-state index in [1.54, 1.807) is 0 Å². The highest BCUT2D eigenvalue weighted by Gasteiger charge is 2.32. The zero-order valence-corrected chi connectivity index (χ0v) is 19.9. The lowest BCUT2D eigenvalue weighted by Gasteiger charge is -2.30. The molecule has 2 aromatic rings. The normalized spacial score (nSPS) is 24.3. The highest BCUT2D eigenvalue weighted by molar-refractivity contribution is 5.92. The van der Waals surface area contributed by atoms with Crippen molar-refractivity contribution >= 4 is 10.9 Å². The molecule has 1 unspecified atom stereocenters. The van der Waals surface area contributed by atoms with E-state index in [-0.39, 0.29) is 5.41 Å². The van der Waals surface area contributed by atoms with E-state index in [9.17, 15) is 0 Å². The highest BCUT2D eigenvalue weighted by atomic mass is 14.8. The minimum Gasteiger partial charge on any atom is -0.357 e. The summed E-state index contributed by atoms with van der Waals surface area (Å²) in [5.41, 5.74) is 11.1. The van der Waals surface area contributed by atoms with Crippen LogP contribution in [-0.4, -0.2) is 4.98 Å². The molecule has 1 aromatic heterocycles. The number of nitrogens with one attached hydrogen (secondary N) is 1. The van der Waals surface area contributed by atoms with Crippen LogP contribution in [0.3, 0.4) is 0 Å². The van der Waals surface area contributed by atoms with Crippen molar-refractivity contribution in [2.45, 2.75) is 119 Å². The van der Waals surface area contributed by atoms with Crippen LogP contribution in [0.1, 0.15) is 112 Å². The SMILES string of the molecule is Cc1c(C)c(C)c2c(C)c(C3(C)CCCCCC(C)(C)CCCC3)[nH]c2c1C. The fourth-order valence-electron chi connectivity index (χ4n) is 5.80. The molecule has 1 aromatic carbocycles. The smallest absolute Gasteiger partial charge is 0.0494 e. The monoisotopic (exact) mass is 381 g/mol. The molecule has 1 atom stereocenters. The topological polar surface area (TPSA) is 15.8 Å². The van der Waals surface area contributed by atoms with Crippen LogP contribution in [0.4, 0.5) is 0 Å². The minimum atomic E-state index is 0.276. The third-order valence-corrected chi connectivity index (χ3v) is 8.21. The molecule has 0 radical (unpaired) electrons. The van der Waals surface area contributed by atoms with Gasteiger partial charge >= 0.3 is 0 Å². The van der Waals surface area contributed by atoms with E-state index in [2.05, 4.69) is 60.4 Å². The summed E-state index contributed by atoms with van der Waals surface area (Å²) in [4.78, 5) is 3.97. The first-order valence-electron chi connectivity index (χ1n) is 11.7. The summed E-state index contributed by atoms with van der Waals surface area (Å²) in [6.07, 6.45) is 12.3. The molecule has 28 heavy (non-hydrogen) atoms. The Morgan fingerprint density at radius 3 is 1.71 bits per heavy atom. The molecular weight excluding hydrogens is 338 g/mol. The van der Waals surface area contributed by atoms with Gasteiger partial charge in [-0.1, -0.05) is 52.9 Å². The molecule has 1 nitrogen and oxygen atoms in total. The first kappa shape index (κ1) is 21.5. The van der Waals surface area contributed by atoms with Crippen molar-refractivity contribution in [3.05, 3.63) is 33.5 Å². The van der Waals surface area contributed by atoms with Crippen molar-refractivity contribution < 1.29 is 0 Å². The number of aromatic nitrogens is 1. The van der Waals surface area contributed by atoms with Crippen molar-refractivity contribution in [2.24, 2.45) is 5.41 Å². The number of H-pyrrole nitrogens is 1. The van der Waals surface area contributed by atoms with Crippen LogP contribution in [0.2, 0.25) is 0 Å². The fourth-order valence-corrected chi connectivity index (χ4v) is 5.80. The van der Waals surface area contributed by atoms with Crippen LogP contribution in [0.15, 0.2) is 0 Å². The maximum absolute atomic E-state index is 3.97. The van der Waals surface area contributed by atoms with Gasteiger partial charge in [-0.25, -0.2) is 0 Å². The summed E-state index contributed by atoms with van der Waals surface area (Å²) < 4.78 is 0. The number of benzene rings is 1. The quantitative estimate of drug-likeness (QED) is 0.509. The third kappa shape index (κ3) is 3.91. The van der Waals surface area contributed by atoms with Crippen LogP contribution < -0.4 is 0 Å². The first-order chi connectivity index (χ1) is 13.1. The number of hydrogen-bond acceptors (Lipinski definition) is 0. The average Bonchev–Trinajstić information content (AvgIpc) is 2.98. The Hall–Kier alpha value is -1.24. The van der Waals surface area contributed by atoms with E-state index in [4.69, 9.17) is 0 Å². The second kappa shape index (κ2) is 7.88. The Bertz CT molecular complexity index is 851. The van der Waals surface area contributed by atoms with Crippen LogP contribution in [-0.2, 0) is 5.41 Å². The lowest BCUT2D eigenvalue weighted by molar-refractivity contribution is 0.284. The lowest BCUT2D eigenvalue weighted by Crippen LogP contribution is -2.23. The lowest BCUT2D eigenvalue weighted by atomic mass is 9.75. The van der Waals surface area contributed by atoms with Crippen molar-refractivity contribution in [2.75, 3.05) is 0 Å². The standard InChI is InChI=1S/C27H43N/c1-18-19(2)21(4)24-23(20(18)3)22(5)25(28-24)27(8)16-11-9-10-14-26(6,7)15-12-13-17-27/h28H,9-17H2,1-8H3. The molecule has 1 heteroatoms. The molecule has 1 aliphatic rings. The molecule has 3 rings (SSSR count). The van der Waals surface area contributed by atoms with Gasteiger partial charge in [-0.15, -0.1) is 0 Å². The van der Waals surface area contributed by atoms with Gasteiger partial charge in [-0.3, -0.25) is 0 Å². The largest absolute Gasteiger partial charge is 0.357 e. The van der Waals surface area contributed by atoms with Gasteiger partial charge in [0.05, 0.1) is 0 Å². The molecule has 0 aliphatic heterocycles. The molecule has 1 saturated carbocycles. The molecule has 0 saturated heterocycles. The summed E-state index contributed by atoms with van der Waals surface area (Å²) in [5.74, 6) is 0. The second-order valence-corrected chi connectivity index (χ2v) is 10.9. The van der Waals surface area contributed by atoms with E-state index >= 15 is 0 Å². The van der Waals surface area contributed by atoms with Gasteiger partial charge in [0, 0.05) is 22.0 Å². The van der Waals surface area contributed by atoms with Crippen molar-refractivity contribution in [3.63, 3.8) is 0 Å². The molecular formula is C27H43N. The van der Waals surface area contributed by atoms with Crippen molar-refractivity contribution in [1.29, 1.82) is 0 Å². The Labute approximate surface area is 173 Å². The third-order valence-electron chi connectivity index (χ3n) is 8.21. The summed E-state index contributed by atoms with van der Waals surface area (Å²) in [6, 6.07) is 0. The van der Waals surface area contributed by atoms with Gasteiger partial charge in [0.25, 0.3) is 0 Å². The van der Waals surface area contributed by atoms with Gasteiger partial charge in [0.1, 0.15) is 0 Å². The Morgan fingerprint density at radius 1 is 0.571 bits per heavy atom. The molecule has 1 aliphatic carbocycles. The predicted octanol–water partition coefficient (Wildman–Crippen LogP) is 8.52. The zero-order chi connectivity index (χ0) is 20.7. The predicted molar refractivity (Wildman–Crippen MR) is 125 cm³/mol. The van der Waals surface area contributed by atoms with Crippen LogP contribution in [0, 0.1) is 40.0 Å². The summed E-state index contributed by atoms with van der Waals surface area (Å²) in [6.45, 7) is 19.0. The minimum absolute atomic E-state index is 0.276. The number of hydrogen-bond donors (Lipinski definition) is 1. The Morgan fingerprint density at radius 2 is 1.07 bits per heavy atom. The number of aromatic amines is 1. The maximum Gasteiger partial charge on any atom is 0.0494 e. The number of fused-ring (bicyclic) bond motifs is 1. The molecule has 1 N–H and O–H groups in total. The summed E-state index contributed by atoms with van der Waals surface area (Å²) >= 11 is 0. The molecule has 1 fully saturated rings. The first-order valence-corrected chi connectivity index (χ1v) is 11.7. The fraction of sp³-hybridized carbons (Fsp3) is 0.704. The molecule has 156 valence electrons. The van der Waals surface area contributed by atoms with E-state index < -0.39 is 0 Å². The van der Waals surface area contributed by atoms with E-state index in [1.165, 1.54) is 102 Å². The van der Waals surface area contributed by atoms with Gasteiger partial charge in [-0.2, -0.15) is 0 Å². The summed E-state index contributed by atoms with van der Waals surface area (Å²) in [5, 5.41) is 1.49. The van der Waals surface area contributed by atoms with E-state index in [0.29, 0.717) is 5.41 Å². The zero-order valence-electron chi connectivity index (χ0n) is 19.9. The molecule has 0 spiro atoms. The number of aryl methyl sites for hydroxylation is 3. The molecule has 0 amide bonds.